The summed E-state index contributed by atoms with van der Waals surface area (Å²) in [6, 6.07) is 2.39. The molecule has 3 N–H and O–H groups in total. The zero-order valence-corrected chi connectivity index (χ0v) is 10.4. The molecule has 0 aliphatic heterocycles. The van der Waals surface area contributed by atoms with Crippen molar-refractivity contribution in [2.24, 2.45) is 0 Å². The molecule has 1 fully saturated rings. The Labute approximate surface area is 104 Å². The Bertz CT molecular complexity index is 565. The Morgan fingerprint density at radius 1 is 1.22 bits per heavy atom. The number of anilines is 2. The summed E-state index contributed by atoms with van der Waals surface area (Å²) in [6.45, 7) is 3.82. The summed E-state index contributed by atoms with van der Waals surface area (Å²) in [4.78, 5) is 12.8. The van der Waals surface area contributed by atoms with Crippen molar-refractivity contribution < 1.29 is 0 Å². The topological polar surface area (TPSA) is 94.5 Å². The molecule has 0 atom stereocenters. The molecule has 2 heterocycles. The van der Waals surface area contributed by atoms with Crippen LogP contribution in [-0.2, 0) is 0 Å². The summed E-state index contributed by atoms with van der Waals surface area (Å²) >= 11 is 0. The summed E-state index contributed by atoms with van der Waals surface area (Å²) < 4.78 is 1.46. The van der Waals surface area contributed by atoms with Crippen LogP contribution in [0.4, 0.5) is 11.9 Å². The highest BCUT2D eigenvalue weighted by atomic mass is 15.5. The highest BCUT2D eigenvalue weighted by Crippen LogP contribution is 2.23. The van der Waals surface area contributed by atoms with Gasteiger partial charge in [-0.2, -0.15) is 9.67 Å². The van der Waals surface area contributed by atoms with Gasteiger partial charge in [0.05, 0.1) is 0 Å². The first-order valence-corrected chi connectivity index (χ1v) is 5.93. The van der Waals surface area contributed by atoms with Crippen molar-refractivity contribution in [2.45, 2.75) is 32.7 Å². The van der Waals surface area contributed by atoms with E-state index < -0.39 is 0 Å². The number of nitrogen functional groups attached to an aromatic ring is 1. The molecule has 0 radical (unpaired) electrons. The number of aromatic nitrogens is 5. The molecule has 2 aromatic rings. The predicted octanol–water partition coefficient (Wildman–Crippen LogP) is 0.831. The largest absolute Gasteiger partial charge is 0.368 e. The molecule has 1 aliphatic rings. The summed E-state index contributed by atoms with van der Waals surface area (Å²) in [5.41, 5.74) is 7.60. The fourth-order valence-electron chi connectivity index (χ4n) is 1.74. The van der Waals surface area contributed by atoms with E-state index in [1.54, 1.807) is 0 Å². The molecule has 0 unspecified atom stereocenters. The van der Waals surface area contributed by atoms with Crippen LogP contribution in [0.5, 0.6) is 0 Å². The van der Waals surface area contributed by atoms with Crippen LogP contribution in [0.3, 0.4) is 0 Å². The SMILES string of the molecule is Cc1cc(C)nc(-n2nc(NC3CC3)nc2N)n1. The molecule has 2 aromatic heterocycles. The summed E-state index contributed by atoms with van der Waals surface area (Å²) in [6.07, 6.45) is 2.32. The maximum Gasteiger partial charge on any atom is 0.254 e. The second kappa shape index (κ2) is 3.94. The van der Waals surface area contributed by atoms with Crippen LogP contribution in [0, 0.1) is 13.8 Å². The van der Waals surface area contributed by atoms with Gasteiger partial charge in [-0.15, -0.1) is 5.10 Å². The first-order valence-electron chi connectivity index (χ1n) is 5.93. The third-order valence-corrected chi connectivity index (χ3v) is 2.70. The molecule has 0 aromatic carbocycles. The molecule has 0 saturated heterocycles. The van der Waals surface area contributed by atoms with Crippen molar-refractivity contribution in [1.29, 1.82) is 0 Å². The van der Waals surface area contributed by atoms with Gasteiger partial charge in [0.1, 0.15) is 0 Å². The lowest BCUT2D eigenvalue weighted by molar-refractivity contribution is 0.801. The minimum atomic E-state index is 0.295. The van der Waals surface area contributed by atoms with Gasteiger partial charge in [-0.3, -0.25) is 0 Å². The van der Waals surface area contributed by atoms with E-state index in [4.69, 9.17) is 5.73 Å². The maximum absolute atomic E-state index is 5.84. The lowest BCUT2D eigenvalue weighted by Gasteiger charge is -2.02. The molecule has 94 valence electrons. The van der Waals surface area contributed by atoms with Crippen molar-refractivity contribution in [3.63, 3.8) is 0 Å². The molecule has 7 heteroatoms. The van der Waals surface area contributed by atoms with Crippen LogP contribution in [0.2, 0.25) is 0 Å². The quantitative estimate of drug-likeness (QED) is 0.831. The Morgan fingerprint density at radius 2 is 1.89 bits per heavy atom. The van der Waals surface area contributed by atoms with Crippen LogP contribution in [0.15, 0.2) is 6.07 Å². The Kier molecular flexibility index (Phi) is 2.39. The number of aryl methyl sites for hydroxylation is 2. The van der Waals surface area contributed by atoms with E-state index in [2.05, 4.69) is 25.4 Å². The van der Waals surface area contributed by atoms with Gasteiger partial charge >= 0.3 is 0 Å². The normalized spacial score (nSPS) is 14.8. The van der Waals surface area contributed by atoms with Gasteiger partial charge in [-0.05, 0) is 32.8 Å². The van der Waals surface area contributed by atoms with E-state index in [9.17, 15) is 0 Å². The van der Waals surface area contributed by atoms with Crippen LogP contribution >= 0.6 is 0 Å². The minimum Gasteiger partial charge on any atom is -0.368 e. The third kappa shape index (κ3) is 2.11. The first kappa shape index (κ1) is 10.9. The number of nitrogens with zero attached hydrogens (tertiary/aromatic N) is 5. The standard InChI is InChI=1S/C11H15N7/c1-6-5-7(2)14-11(13-6)18-9(12)16-10(17-18)15-8-3-4-8/h5,8H,3-4H2,1-2H3,(H3,12,15,16,17). The van der Waals surface area contributed by atoms with E-state index in [1.807, 2.05) is 19.9 Å². The highest BCUT2D eigenvalue weighted by Gasteiger charge is 2.23. The van der Waals surface area contributed by atoms with Gasteiger partial charge in [0.15, 0.2) is 0 Å². The van der Waals surface area contributed by atoms with Crippen molar-refractivity contribution in [3.05, 3.63) is 17.5 Å². The van der Waals surface area contributed by atoms with Gasteiger partial charge in [-0.25, -0.2) is 9.97 Å². The van der Waals surface area contributed by atoms with Crippen molar-refractivity contribution in [2.75, 3.05) is 11.1 Å². The van der Waals surface area contributed by atoms with Crippen LogP contribution in [0.25, 0.3) is 5.95 Å². The van der Waals surface area contributed by atoms with E-state index in [-0.39, 0.29) is 0 Å². The Balaban J connectivity index is 1.96. The van der Waals surface area contributed by atoms with Gasteiger partial charge in [0, 0.05) is 17.4 Å². The molecular weight excluding hydrogens is 230 g/mol. The summed E-state index contributed by atoms with van der Waals surface area (Å²) in [5.74, 6) is 1.29. The smallest absolute Gasteiger partial charge is 0.254 e. The van der Waals surface area contributed by atoms with Crippen LogP contribution in [0.1, 0.15) is 24.2 Å². The van der Waals surface area contributed by atoms with Gasteiger partial charge in [-0.1, -0.05) is 0 Å². The highest BCUT2D eigenvalue weighted by molar-refractivity contribution is 5.38. The van der Waals surface area contributed by atoms with Crippen molar-refractivity contribution in [3.8, 4) is 5.95 Å². The van der Waals surface area contributed by atoms with E-state index >= 15 is 0 Å². The number of rotatable bonds is 3. The molecule has 0 spiro atoms. The average Bonchev–Trinajstić information content (AvgIpc) is 3.00. The lowest BCUT2D eigenvalue weighted by atomic mass is 10.4. The number of nitrogens with two attached hydrogens (primary N) is 1. The van der Waals surface area contributed by atoms with Crippen molar-refractivity contribution >= 4 is 11.9 Å². The summed E-state index contributed by atoms with van der Waals surface area (Å²) in [7, 11) is 0. The molecule has 7 nitrogen and oxygen atoms in total. The zero-order chi connectivity index (χ0) is 12.7. The number of hydrogen-bond donors (Lipinski definition) is 2. The van der Waals surface area contributed by atoms with Gasteiger partial charge < -0.3 is 11.1 Å². The molecule has 0 amide bonds. The average molecular weight is 245 g/mol. The third-order valence-electron chi connectivity index (χ3n) is 2.70. The molecule has 1 saturated carbocycles. The second-order valence-corrected chi connectivity index (χ2v) is 4.57. The van der Waals surface area contributed by atoms with Gasteiger partial charge in [0.25, 0.3) is 5.95 Å². The number of nitrogens with one attached hydrogen (secondary N) is 1. The van der Waals surface area contributed by atoms with E-state index in [0.29, 0.717) is 23.9 Å². The van der Waals surface area contributed by atoms with Crippen LogP contribution < -0.4 is 11.1 Å². The second-order valence-electron chi connectivity index (χ2n) is 4.57. The fraction of sp³-hybridized carbons (Fsp3) is 0.455. The molecule has 3 rings (SSSR count). The zero-order valence-electron chi connectivity index (χ0n) is 10.4. The van der Waals surface area contributed by atoms with Crippen molar-refractivity contribution in [1.82, 2.24) is 24.7 Å². The monoisotopic (exact) mass is 245 g/mol. The molecule has 18 heavy (non-hydrogen) atoms. The first-order chi connectivity index (χ1) is 8.61. The Morgan fingerprint density at radius 3 is 2.50 bits per heavy atom. The Hall–Kier alpha value is -2.18. The lowest BCUT2D eigenvalue weighted by Crippen LogP contribution is -2.09. The fourth-order valence-corrected chi connectivity index (χ4v) is 1.74. The van der Waals surface area contributed by atoms with E-state index in [0.717, 1.165) is 24.2 Å². The molecule has 1 aliphatic carbocycles. The number of hydrogen-bond acceptors (Lipinski definition) is 6. The predicted molar refractivity (Wildman–Crippen MR) is 67.5 cm³/mol. The minimum absolute atomic E-state index is 0.295. The molecular formula is C11H15N7. The van der Waals surface area contributed by atoms with E-state index in [1.165, 1.54) is 4.68 Å². The molecule has 0 bridgehead atoms. The van der Waals surface area contributed by atoms with Crippen LogP contribution in [-0.4, -0.2) is 30.8 Å². The maximum atomic E-state index is 5.84. The van der Waals surface area contributed by atoms with Gasteiger partial charge in [0.2, 0.25) is 11.9 Å². The summed E-state index contributed by atoms with van der Waals surface area (Å²) in [5, 5.41) is 7.48.